The first-order valence-electron chi connectivity index (χ1n) is 4.88. The van der Waals surface area contributed by atoms with Gasteiger partial charge in [0, 0.05) is 11.8 Å². The van der Waals surface area contributed by atoms with Crippen molar-refractivity contribution in [3.05, 3.63) is 52.6 Å². The number of amides is 1. The average Bonchev–Trinajstić information content (AvgIpc) is 2.34. The van der Waals surface area contributed by atoms with Crippen molar-refractivity contribution in [1.82, 2.24) is 4.98 Å². The van der Waals surface area contributed by atoms with Gasteiger partial charge in [-0.15, -0.1) is 0 Å². The Labute approximate surface area is 106 Å². The van der Waals surface area contributed by atoms with Gasteiger partial charge in [0.1, 0.15) is 11.6 Å². The van der Waals surface area contributed by atoms with Crippen LogP contribution in [-0.4, -0.2) is 16.0 Å². The molecule has 2 N–H and O–H groups in total. The molecule has 0 saturated heterocycles. The molecule has 1 amide bonds. The Hall–Kier alpha value is -1.88. The van der Waals surface area contributed by atoms with Crippen LogP contribution < -0.4 is 5.32 Å². The van der Waals surface area contributed by atoms with Crippen LogP contribution in [0.15, 0.2) is 47.1 Å². The Balaban J connectivity index is 2.18. The summed E-state index contributed by atoms with van der Waals surface area (Å²) in [5.74, 6) is 0.185. The maximum atomic E-state index is 11.8. The van der Waals surface area contributed by atoms with Crippen LogP contribution in [0.25, 0.3) is 0 Å². The lowest BCUT2D eigenvalue weighted by Crippen LogP contribution is -2.12. The van der Waals surface area contributed by atoms with Crippen molar-refractivity contribution < 1.29 is 9.90 Å². The molecule has 4 nitrogen and oxygen atoms in total. The highest BCUT2D eigenvalue weighted by molar-refractivity contribution is 9.10. The van der Waals surface area contributed by atoms with E-state index in [0.717, 1.165) is 0 Å². The average molecular weight is 293 g/mol. The zero-order valence-corrected chi connectivity index (χ0v) is 10.3. The van der Waals surface area contributed by atoms with Crippen LogP contribution in [0.2, 0.25) is 0 Å². The summed E-state index contributed by atoms with van der Waals surface area (Å²) in [6.45, 7) is 0. The van der Waals surface area contributed by atoms with Crippen LogP contribution in [0.5, 0.6) is 5.75 Å². The molecular weight excluding hydrogens is 284 g/mol. The van der Waals surface area contributed by atoms with E-state index >= 15 is 0 Å². The van der Waals surface area contributed by atoms with Gasteiger partial charge in [-0.3, -0.25) is 4.79 Å². The van der Waals surface area contributed by atoms with Crippen LogP contribution >= 0.6 is 15.9 Å². The van der Waals surface area contributed by atoms with Gasteiger partial charge >= 0.3 is 0 Å². The Kier molecular flexibility index (Phi) is 3.39. The number of halogens is 1. The molecule has 0 aliphatic rings. The lowest BCUT2D eigenvalue weighted by atomic mass is 10.2. The van der Waals surface area contributed by atoms with E-state index in [1.165, 1.54) is 6.07 Å². The molecule has 0 saturated carbocycles. The summed E-state index contributed by atoms with van der Waals surface area (Å²) in [4.78, 5) is 15.8. The van der Waals surface area contributed by atoms with E-state index in [-0.39, 0.29) is 11.7 Å². The molecular formula is C12H9BrN2O2. The second-order valence-electron chi connectivity index (χ2n) is 3.34. The van der Waals surface area contributed by atoms with Crippen molar-refractivity contribution >= 4 is 27.7 Å². The summed E-state index contributed by atoms with van der Waals surface area (Å²) >= 11 is 3.15. The Morgan fingerprint density at radius 1 is 1.29 bits per heavy atom. The van der Waals surface area contributed by atoms with E-state index in [9.17, 15) is 9.90 Å². The van der Waals surface area contributed by atoms with Gasteiger partial charge in [0.25, 0.3) is 5.91 Å². The van der Waals surface area contributed by atoms with Crippen molar-refractivity contribution in [2.75, 3.05) is 5.32 Å². The molecule has 0 aliphatic carbocycles. The second-order valence-corrected chi connectivity index (χ2v) is 4.19. The second kappa shape index (κ2) is 4.97. The zero-order valence-electron chi connectivity index (χ0n) is 8.72. The van der Waals surface area contributed by atoms with E-state index in [0.29, 0.717) is 15.9 Å². The van der Waals surface area contributed by atoms with Gasteiger partial charge in [-0.1, -0.05) is 6.07 Å². The molecule has 0 atom stereocenters. The van der Waals surface area contributed by atoms with E-state index in [4.69, 9.17) is 0 Å². The van der Waals surface area contributed by atoms with Gasteiger partial charge in [0.05, 0.1) is 4.47 Å². The highest BCUT2D eigenvalue weighted by Gasteiger charge is 2.08. The van der Waals surface area contributed by atoms with Crippen LogP contribution in [0, 0.1) is 0 Å². The van der Waals surface area contributed by atoms with Crippen LogP contribution in [0.1, 0.15) is 10.4 Å². The number of hydrogen-bond acceptors (Lipinski definition) is 3. The first-order chi connectivity index (χ1) is 8.16. The third-order valence-corrected chi connectivity index (χ3v) is 2.79. The summed E-state index contributed by atoms with van der Waals surface area (Å²) < 4.78 is 0.548. The number of nitrogens with zero attached hydrogens (tertiary/aromatic N) is 1. The van der Waals surface area contributed by atoms with Crippen molar-refractivity contribution in [2.24, 2.45) is 0 Å². The van der Waals surface area contributed by atoms with E-state index in [1.807, 2.05) is 0 Å². The fourth-order valence-corrected chi connectivity index (χ4v) is 1.53. The summed E-state index contributed by atoms with van der Waals surface area (Å²) in [6, 6.07) is 9.85. The molecule has 2 aromatic rings. The maximum absolute atomic E-state index is 11.8. The van der Waals surface area contributed by atoms with Gasteiger partial charge in [0.15, 0.2) is 0 Å². The van der Waals surface area contributed by atoms with Gasteiger partial charge < -0.3 is 10.4 Å². The summed E-state index contributed by atoms with van der Waals surface area (Å²) in [6.07, 6.45) is 1.59. The number of pyridine rings is 1. The quantitative estimate of drug-likeness (QED) is 0.895. The van der Waals surface area contributed by atoms with Crippen molar-refractivity contribution in [3.63, 3.8) is 0 Å². The maximum Gasteiger partial charge on any atom is 0.256 e. The van der Waals surface area contributed by atoms with Crippen LogP contribution in [0.4, 0.5) is 5.82 Å². The summed E-state index contributed by atoms with van der Waals surface area (Å²) in [5.41, 5.74) is 0.372. The molecule has 0 fully saturated rings. The number of hydrogen-bond donors (Lipinski definition) is 2. The molecule has 0 radical (unpaired) electrons. The molecule has 2 rings (SSSR count). The van der Waals surface area contributed by atoms with Crippen molar-refractivity contribution in [3.8, 4) is 5.75 Å². The third-order valence-electron chi connectivity index (χ3n) is 2.11. The van der Waals surface area contributed by atoms with Gasteiger partial charge in [-0.2, -0.15) is 0 Å². The zero-order chi connectivity index (χ0) is 12.3. The predicted octanol–water partition coefficient (Wildman–Crippen LogP) is 2.80. The minimum atomic E-state index is -0.313. The SMILES string of the molecule is O=C(Nc1ccccn1)c1ccc(Br)c(O)c1. The van der Waals surface area contributed by atoms with Gasteiger partial charge in [-0.05, 0) is 46.3 Å². The number of nitrogens with one attached hydrogen (secondary N) is 1. The van der Waals surface area contributed by atoms with Crippen LogP contribution in [0.3, 0.4) is 0 Å². The highest BCUT2D eigenvalue weighted by Crippen LogP contribution is 2.24. The number of aromatic nitrogens is 1. The molecule has 86 valence electrons. The number of anilines is 1. The molecule has 17 heavy (non-hydrogen) atoms. The molecule has 5 heteroatoms. The minimum absolute atomic E-state index is 0.0265. The standard InChI is InChI=1S/C12H9BrN2O2/c13-9-5-4-8(7-10(9)16)12(17)15-11-3-1-2-6-14-11/h1-7,16H,(H,14,15,17). The Bertz CT molecular complexity index is 543. The fourth-order valence-electron chi connectivity index (χ4n) is 1.28. The topological polar surface area (TPSA) is 62.2 Å². The number of rotatable bonds is 2. The van der Waals surface area contributed by atoms with Crippen molar-refractivity contribution in [1.29, 1.82) is 0 Å². The third kappa shape index (κ3) is 2.82. The lowest BCUT2D eigenvalue weighted by molar-refractivity contribution is 0.102. The largest absolute Gasteiger partial charge is 0.507 e. The smallest absolute Gasteiger partial charge is 0.256 e. The normalized spacial score (nSPS) is 9.94. The van der Waals surface area contributed by atoms with Crippen LogP contribution in [-0.2, 0) is 0 Å². The molecule has 0 unspecified atom stereocenters. The molecule has 0 bridgehead atoms. The number of phenols is 1. The predicted molar refractivity (Wildman–Crippen MR) is 68.0 cm³/mol. The van der Waals surface area contributed by atoms with E-state index in [2.05, 4.69) is 26.2 Å². The lowest BCUT2D eigenvalue weighted by Gasteiger charge is -2.05. The minimum Gasteiger partial charge on any atom is -0.507 e. The monoisotopic (exact) mass is 292 g/mol. The van der Waals surface area contributed by atoms with Crippen molar-refractivity contribution in [2.45, 2.75) is 0 Å². The number of phenolic OH excluding ortho intramolecular Hbond substituents is 1. The number of aromatic hydroxyl groups is 1. The number of carbonyl (C=O) groups excluding carboxylic acids is 1. The Morgan fingerprint density at radius 3 is 2.76 bits per heavy atom. The first kappa shape index (κ1) is 11.6. The first-order valence-corrected chi connectivity index (χ1v) is 5.67. The summed E-state index contributed by atoms with van der Waals surface area (Å²) in [7, 11) is 0. The number of carbonyl (C=O) groups is 1. The molecule has 0 spiro atoms. The Morgan fingerprint density at radius 2 is 2.12 bits per heavy atom. The van der Waals surface area contributed by atoms with Gasteiger partial charge in [0.2, 0.25) is 0 Å². The number of benzene rings is 1. The molecule has 1 aromatic heterocycles. The molecule has 0 aliphatic heterocycles. The highest BCUT2D eigenvalue weighted by atomic mass is 79.9. The summed E-state index contributed by atoms with van der Waals surface area (Å²) in [5, 5.41) is 12.1. The molecule has 1 heterocycles. The van der Waals surface area contributed by atoms with Gasteiger partial charge in [-0.25, -0.2) is 4.98 Å². The van der Waals surface area contributed by atoms with E-state index in [1.54, 1.807) is 36.5 Å². The fraction of sp³-hybridized carbons (Fsp3) is 0. The van der Waals surface area contributed by atoms with E-state index < -0.39 is 0 Å². The molecule has 1 aromatic carbocycles.